The molecule has 0 unspecified atom stereocenters. The Morgan fingerprint density at radius 2 is 1.78 bits per heavy atom. The summed E-state index contributed by atoms with van der Waals surface area (Å²) >= 11 is 0. The van der Waals surface area contributed by atoms with Crippen LogP contribution in [0, 0.1) is 6.92 Å². The van der Waals surface area contributed by atoms with Gasteiger partial charge >= 0.3 is 0 Å². The highest BCUT2D eigenvalue weighted by Gasteiger charge is 2.10. The standard InChI is InChI=1S/C14H18N4/c1-12-10-16-14(17-11-12)18(9-5-8-15)13-6-3-2-4-7-13/h2-4,6-7,10-11H,5,8-9,15H2,1H3. The molecule has 0 amide bonds. The van der Waals surface area contributed by atoms with Gasteiger partial charge in [-0.2, -0.15) is 0 Å². The summed E-state index contributed by atoms with van der Waals surface area (Å²) in [6.07, 6.45) is 4.58. The fourth-order valence-corrected chi connectivity index (χ4v) is 1.73. The number of nitrogens with zero attached hydrogens (tertiary/aromatic N) is 3. The third kappa shape index (κ3) is 3.05. The van der Waals surface area contributed by atoms with Gasteiger partial charge in [0, 0.05) is 24.6 Å². The van der Waals surface area contributed by atoms with Crippen LogP contribution in [0.1, 0.15) is 12.0 Å². The molecule has 2 rings (SSSR count). The molecular formula is C14H18N4. The van der Waals surface area contributed by atoms with Crippen LogP contribution in [-0.2, 0) is 0 Å². The first-order valence-electron chi connectivity index (χ1n) is 6.12. The monoisotopic (exact) mass is 242 g/mol. The van der Waals surface area contributed by atoms with E-state index >= 15 is 0 Å². The van der Waals surface area contributed by atoms with Crippen molar-refractivity contribution in [2.75, 3.05) is 18.0 Å². The summed E-state index contributed by atoms with van der Waals surface area (Å²) in [5.74, 6) is 0.722. The van der Waals surface area contributed by atoms with Crippen LogP contribution < -0.4 is 10.6 Å². The van der Waals surface area contributed by atoms with E-state index < -0.39 is 0 Å². The molecule has 0 aliphatic rings. The van der Waals surface area contributed by atoms with Crippen molar-refractivity contribution in [2.45, 2.75) is 13.3 Å². The maximum Gasteiger partial charge on any atom is 0.229 e. The average Bonchev–Trinajstić information content (AvgIpc) is 2.42. The number of aromatic nitrogens is 2. The van der Waals surface area contributed by atoms with Gasteiger partial charge < -0.3 is 10.6 Å². The summed E-state index contributed by atoms with van der Waals surface area (Å²) in [6.45, 7) is 3.47. The quantitative estimate of drug-likeness (QED) is 0.874. The molecule has 2 N–H and O–H groups in total. The second kappa shape index (κ2) is 6.12. The summed E-state index contributed by atoms with van der Waals surface area (Å²) in [7, 11) is 0. The molecule has 0 spiro atoms. The molecule has 1 aromatic heterocycles. The molecule has 0 saturated carbocycles. The molecule has 94 valence electrons. The Bertz CT molecular complexity index is 467. The molecule has 2 aromatic rings. The van der Waals surface area contributed by atoms with Crippen LogP contribution in [0.15, 0.2) is 42.7 Å². The van der Waals surface area contributed by atoms with Gasteiger partial charge in [-0.15, -0.1) is 0 Å². The highest BCUT2D eigenvalue weighted by atomic mass is 15.2. The van der Waals surface area contributed by atoms with Crippen LogP contribution in [0.4, 0.5) is 11.6 Å². The molecular weight excluding hydrogens is 224 g/mol. The number of hydrogen-bond acceptors (Lipinski definition) is 4. The van der Waals surface area contributed by atoms with Crippen LogP contribution in [0.2, 0.25) is 0 Å². The van der Waals surface area contributed by atoms with E-state index in [0.29, 0.717) is 6.54 Å². The predicted molar refractivity (Wildman–Crippen MR) is 73.9 cm³/mol. The molecule has 0 saturated heterocycles. The Kier molecular flexibility index (Phi) is 4.25. The molecule has 4 nitrogen and oxygen atoms in total. The second-order valence-electron chi connectivity index (χ2n) is 4.19. The number of anilines is 2. The van der Waals surface area contributed by atoms with E-state index in [0.717, 1.165) is 30.2 Å². The Labute approximate surface area is 107 Å². The zero-order valence-corrected chi connectivity index (χ0v) is 10.6. The largest absolute Gasteiger partial charge is 0.330 e. The van der Waals surface area contributed by atoms with Crippen LogP contribution in [-0.4, -0.2) is 23.1 Å². The average molecular weight is 242 g/mol. The lowest BCUT2D eigenvalue weighted by Gasteiger charge is -2.22. The molecule has 18 heavy (non-hydrogen) atoms. The lowest BCUT2D eigenvalue weighted by Crippen LogP contribution is -2.22. The van der Waals surface area contributed by atoms with Crippen LogP contribution in [0.3, 0.4) is 0 Å². The Morgan fingerprint density at radius 1 is 1.11 bits per heavy atom. The fraction of sp³-hybridized carbons (Fsp3) is 0.286. The van der Waals surface area contributed by atoms with Gasteiger partial charge in [0.05, 0.1) is 0 Å². The SMILES string of the molecule is Cc1cnc(N(CCCN)c2ccccc2)nc1. The van der Waals surface area contributed by atoms with Gasteiger partial charge in [0.25, 0.3) is 0 Å². The lowest BCUT2D eigenvalue weighted by atomic mass is 10.2. The normalized spacial score (nSPS) is 10.3. The summed E-state index contributed by atoms with van der Waals surface area (Å²) in [5.41, 5.74) is 7.74. The van der Waals surface area contributed by atoms with Gasteiger partial charge in [-0.1, -0.05) is 18.2 Å². The number of aryl methyl sites for hydroxylation is 1. The Hall–Kier alpha value is -1.94. The molecule has 0 bridgehead atoms. The molecule has 0 fully saturated rings. The van der Waals surface area contributed by atoms with Crippen molar-refractivity contribution in [3.05, 3.63) is 48.3 Å². The highest BCUT2D eigenvalue weighted by molar-refractivity contribution is 5.56. The predicted octanol–water partition coefficient (Wildman–Crippen LogP) is 2.27. The molecule has 4 heteroatoms. The van der Waals surface area contributed by atoms with Crippen LogP contribution in [0.5, 0.6) is 0 Å². The molecule has 1 heterocycles. The van der Waals surface area contributed by atoms with E-state index in [1.807, 2.05) is 37.5 Å². The van der Waals surface area contributed by atoms with Crippen molar-refractivity contribution in [2.24, 2.45) is 5.73 Å². The zero-order valence-electron chi connectivity index (χ0n) is 10.6. The van der Waals surface area contributed by atoms with Gasteiger partial charge in [0.2, 0.25) is 5.95 Å². The third-order valence-electron chi connectivity index (χ3n) is 2.66. The summed E-state index contributed by atoms with van der Waals surface area (Å²) in [6, 6.07) is 10.1. The number of hydrogen-bond donors (Lipinski definition) is 1. The van der Waals surface area contributed by atoms with Crippen LogP contribution in [0.25, 0.3) is 0 Å². The molecule has 0 atom stereocenters. The highest BCUT2D eigenvalue weighted by Crippen LogP contribution is 2.21. The lowest BCUT2D eigenvalue weighted by molar-refractivity contribution is 0.798. The second-order valence-corrected chi connectivity index (χ2v) is 4.19. The van der Waals surface area contributed by atoms with E-state index in [-0.39, 0.29) is 0 Å². The first-order chi connectivity index (χ1) is 8.81. The van der Waals surface area contributed by atoms with Crippen molar-refractivity contribution in [1.82, 2.24) is 9.97 Å². The number of nitrogens with two attached hydrogens (primary N) is 1. The van der Waals surface area contributed by atoms with Gasteiger partial charge in [-0.3, -0.25) is 0 Å². The Morgan fingerprint density at radius 3 is 2.39 bits per heavy atom. The van der Waals surface area contributed by atoms with E-state index in [1.54, 1.807) is 0 Å². The summed E-state index contributed by atoms with van der Waals surface area (Å²) in [5, 5.41) is 0. The third-order valence-corrected chi connectivity index (χ3v) is 2.66. The van der Waals surface area contributed by atoms with Gasteiger partial charge in [0.15, 0.2) is 0 Å². The maximum absolute atomic E-state index is 5.59. The number of para-hydroxylation sites is 1. The first-order valence-corrected chi connectivity index (χ1v) is 6.12. The van der Waals surface area contributed by atoms with E-state index in [2.05, 4.69) is 27.0 Å². The van der Waals surface area contributed by atoms with Gasteiger partial charge in [-0.25, -0.2) is 9.97 Å². The van der Waals surface area contributed by atoms with Crippen molar-refractivity contribution in [3.8, 4) is 0 Å². The number of rotatable bonds is 5. The minimum Gasteiger partial charge on any atom is -0.330 e. The minimum atomic E-state index is 0.662. The summed E-state index contributed by atoms with van der Waals surface area (Å²) < 4.78 is 0. The van der Waals surface area contributed by atoms with E-state index in [1.165, 1.54) is 0 Å². The molecule has 0 aliphatic heterocycles. The fourth-order valence-electron chi connectivity index (χ4n) is 1.73. The van der Waals surface area contributed by atoms with Crippen molar-refractivity contribution < 1.29 is 0 Å². The summed E-state index contributed by atoms with van der Waals surface area (Å²) in [4.78, 5) is 10.9. The zero-order chi connectivity index (χ0) is 12.8. The minimum absolute atomic E-state index is 0.662. The Balaban J connectivity index is 2.27. The first kappa shape index (κ1) is 12.5. The van der Waals surface area contributed by atoms with Crippen molar-refractivity contribution in [3.63, 3.8) is 0 Å². The molecule has 0 radical (unpaired) electrons. The van der Waals surface area contributed by atoms with Gasteiger partial charge in [0.1, 0.15) is 0 Å². The molecule has 0 aliphatic carbocycles. The van der Waals surface area contributed by atoms with E-state index in [9.17, 15) is 0 Å². The van der Waals surface area contributed by atoms with Crippen molar-refractivity contribution in [1.29, 1.82) is 0 Å². The smallest absolute Gasteiger partial charge is 0.229 e. The van der Waals surface area contributed by atoms with Crippen molar-refractivity contribution >= 4 is 11.6 Å². The van der Waals surface area contributed by atoms with Crippen LogP contribution >= 0.6 is 0 Å². The maximum atomic E-state index is 5.59. The van der Waals surface area contributed by atoms with Gasteiger partial charge in [-0.05, 0) is 37.6 Å². The number of benzene rings is 1. The topological polar surface area (TPSA) is 55.0 Å². The molecule has 1 aromatic carbocycles. The van der Waals surface area contributed by atoms with E-state index in [4.69, 9.17) is 5.73 Å².